The molecule has 4 heteroatoms. The predicted octanol–water partition coefficient (Wildman–Crippen LogP) is 2.73. The SMILES string of the molecule is CC(O)C(C)(C)NCc1ccc(Cl)c(F)c1. The van der Waals surface area contributed by atoms with Crippen molar-refractivity contribution in [3.63, 3.8) is 0 Å². The fraction of sp³-hybridized carbons (Fsp3) is 0.500. The molecule has 0 aliphatic heterocycles. The molecule has 0 fully saturated rings. The summed E-state index contributed by atoms with van der Waals surface area (Å²) in [5.41, 5.74) is 0.395. The Balaban J connectivity index is 2.65. The molecule has 2 nitrogen and oxygen atoms in total. The Morgan fingerprint density at radius 3 is 2.62 bits per heavy atom. The third-order valence-corrected chi connectivity index (χ3v) is 3.08. The van der Waals surface area contributed by atoms with Gasteiger partial charge in [-0.05, 0) is 38.5 Å². The molecule has 1 aromatic rings. The van der Waals surface area contributed by atoms with Gasteiger partial charge < -0.3 is 10.4 Å². The predicted molar refractivity (Wildman–Crippen MR) is 64.0 cm³/mol. The lowest BCUT2D eigenvalue weighted by molar-refractivity contribution is 0.0956. The molecule has 0 amide bonds. The van der Waals surface area contributed by atoms with Gasteiger partial charge in [0.2, 0.25) is 0 Å². The van der Waals surface area contributed by atoms with Gasteiger partial charge in [-0.25, -0.2) is 4.39 Å². The molecule has 0 saturated carbocycles. The lowest BCUT2D eigenvalue weighted by Crippen LogP contribution is -2.47. The summed E-state index contributed by atoms with van der Waals surface area (Å²) in [6.45, 7) is 6.00. The molecular formula is C12H17ClFNO. The molecule has 1 atom stereocenters. The zero-order chi connectivity index (χ0) is 12.3. The van der Waals surface area contributed by atoms with Crippen molar-refractivity contribution in [2.24, 2.45) is 0 Å². The highest BCUT2D eigenvalue weighted by Crippen LogP contribution is 2.16. The van der Waals surface area contributed by atoms with Gasteiger partial charge >= 0.3 is 0 Å². The molecular weight excluding hydrogens is 229 g/mol. The fourth-order valence-corrected chi connectivity index (χ4v) is 1.24. The minimum atomic E-state index is -0.482. The Labute approximate surface area is 100 Å². The minimum absolute atomic E-state index is 0.124. The zero-order valence-corrected chi connectivity index (χ0v) is 10.5. The van der Waals surface area contributed by atoms with Gasteiger partial charge in [0, 0.05) is 12.1 Å². The average Bonchev–Trinajstić information content (AvgIpc) is 2.20. The summed E-state index contributed by atoms with van der Waals surface area (Å²) in [7, 11) is 0. The van der Waals surface area contributed by atoms with Crippen LogP contribution in [0.3, 0.4) is 0 Å². The van der Waals surface area contributed by atoms with Crippen LogP contribution in [0.15, 0.2) is 18.2 Å². The zero-order valence-electron chi connectivity index (χ0n) is 9.72. The number of rotatable bonds is 4. The Hall–Kier alpha value is -0.640. The van der Waals surface area contributed by atoms with Gasteiger partial charge in [0.1, 0.15) is 5.82 Å². The van der Waals surface area contributed by atoms with E-state index in [1.165, 1.54) is 12.1 Å². The molecule has 0 aromatic heterocycles. The first-order chi connectivity index (χ1) is 7.33. The second-order valence-corrected chi connectivity index (χ2v) is 4.91. The van der Waals surface area contributed by atoms with Gasteiger partial charge in [-0.2, -0.15) is 0 Å². The smallest absolute Gasteiger partial charge is 0.142 e. The van der Waals surface area contributed by atoms with Crippen molar-refractivity contribution in [1.29, 1.82) is 0 Å². The van der Waals surface area contributed by atoms with E-state index in [0.29, 0.717) is 6.54 Å². The second-order valence-electron chi connectivity index (χ2n) is 4.50. The minimum Gasteiger partial charge on any atom is -0.392 e. The molecule has 1 rings (SSSR count). The van der Waals surface area contributed by atoms with E-state index in [1.807, 2.05) is 13.8 Å². The van der Waals surface area contributed by atoms with E-state index in [1.54, 1.807) is 13.0 Å². The third kappa shape index (κ3) is 3.44. The third-order valence-electron chi connectivity index (χ3n) is 2.78. The first-order valence-corrected chi connectivity index (χ1v) is 5.58. The lowest BCUT2D eigenvalue weighted by atomic mass is 9.98. The molecule has 16 heavy (non-hydrogen) atoms. The van der Waals surface area contributed by atoms with E-state index in [2.05, 4.69) is 5.32 Å². The molecule has 0 spiro atoms. The van der Waals surface area contributed by atoms with Gasteiger partial charge in [-0.3, -0.25) is 0 Å². The van der Waals surface area contributed by atoms with Crippen molar-refractivity contribution in [2.75, 3.05) is 0 Å². The maximum Gasteiger partial charge on any atom is 0.142 e. The molecule has 0 saturated heterocycles. The van der Waals surface area contributed by atoms with Crippen LogP contribution in [0, 0.1) is 5.82 Å². The van der Waals surface area contributed by atoms with E-state index >= 15 is 0 Å². The van der Waals surface area contributed by atoms with Crippen LogP contribution in [0.4, 0.5) is 4.39 Å². The normalized spacial score (nSPS) is 13.9. The Kier molecular flexibility index (Phi) is 4.30. The van der Waals surface area contributed by atoms with E-state index in [-0.39, 0.29) is 5.02 Å². The maximum absolute atomic E-state index is 13.1. The van der Waals surface area contributed by atoms with Gasteiger partial charge in [-0.1, -0.05) is 17.7 Å². The van der Waals surface area contributed by atoms with Gasteiger partial charge in [0.25, 0.3) is 0 Å². The molecule has 2 N–H and O–H groups in total. The van der Waals surface area contributed by atoms with Crippen LogP contribution in [-0.4, -0.2) is 16.7 Å². The van der Waals surface area contributed by atoms with E-state index in [0.717, 1.165) is 5.56 Å². The van der Waals surface area contributed by atoms with Gasteiger partial charge in [0.15, 0.2) is 0 Å². The maximum atomic E-state index is 13.1. The number of hydrogen-bond acceptors (Lipinski definition) is 2. The number of nitrogens with one attached hydrogen (secondary N) is 1. The van der Waals surface area contributed by atoms with Crippen molar-refractivity contribution in [3.8, 4) is 0 Å². The van der Waals surface area contributed by atoms with E-state index in [9.17, 15) is 9.50 Å². The van der Waals surface area contributed by atoms with Crippen LogP contribution in [-0.2, 0) is 6.54 Å². The number of aliphatic hydroxyl groups excluding tert-OH is 1. The molecule has 0 aliphatic carbocycles. The fourth-order valence-electron chi connectivity index (χ4n) is 1.13. The molecule has 90 valence electrons. The second kappa shape index (κ2) is 5.13. The average molecular weight is 246 g/mol. The van der Waals surface area contributed by atoms with Crippen LogP contribution in [0.25, 0.3) is 0 Å². The van der Waals surface area contributed by atoms with Crippen molar-refractivity contribution in [2.45, 2.75) is 39.0 Å². The number of benzene rings is 1. The van der Waals surface area contributed by atoms with Crippen LogP contribution in [0.5, 0.6) is 0 Å². The van der Waals surface area contributed by atoms with E-state index in [4.69, 9.17) is 11.6 Å². The summed E-state index contributed by atoms with van der Waals surface area (Å²) in [5, 5.41) is 12.8. The summed E-state index contributed by atoms with van der Waals surface area (Å²) in [5.74, 6) is -0.421. The quantitative estimate of drug-likeness (QED) is 0.855. The highest BCUT2D eigenvalue weighted by atomic mass is 35.5. The highest BCUT2D eigenvalue weighted by Gasteiger charge is 2.22. The summed E-state index contributed by atoms with van der Waals surface area (Å²) in [6.07, 6.45) is -0.482. The monoisotopic (exact) mass is 245 g/mol. The van der Waals surface area contributed by atoms with Gasteiger partial charge in [-0.15, -0.1) is 0 Å². The largest absolute Gasteiger partial charge is 0.392 e. The summed E-state index contributed by atoms with van der Waals surface area (Å²) in [4.78, 5) is 0. The van der Waals surface area contributed by atoms with E-state index < -0.39 is 17.5 Å². The first-order valence-electron chi connectivity index (χ1n) is 5.20. The Morgan fingerprint density at radius 2 is 2.12 bits per heavy atom. The summed E-state index contributed by atoms with van der Waals surface area (Å²) >= 11 is 5.59. The van der Waals surface area contributed by atoms with Crippen LogP contribution in [0.2, 0.25) is 5.02 Å². The van der Waals surface area contributed by atoms with Gasteiger partial charge in [0.05, 0.1) is 11.1 Å². The number of aliphatic hydroxyl groups is 1. The molecule has 1 aromatic carbocycles. The molecule has 1 unspecified atom stereocenters. The molecule has 0 aliphatic rings. The van der Waals surface area contributed by atoms with Crippen LogP contribution < -0.4 is 5.32 Å². The lowest BCUT2D eigenvalue weighted by Gasteiger charge is -2.29. The molecule has 0 bridgehead atoms. The van der Waals surface area contributed by atoms with Crippen molar-refractivity contribution >= 4 is 11.6 Å². The Bertz CT molecular complexity index is 366. The molecule has 0 radical (unpaired) electrons. The molecule has 0 heterocycles. The van der Waals surface area contributed by atoms with Crippen molar-refractivity contribution < 1.29 is 9.50 Å². The van der Waals surface area contributed by atoms with Crippen LogP contribution in [0.1, 0.15) is 26.3 Å². The highest BCUT2D eigenvalue weighted by molar-refractivity contribution is 6.30. The first kappa shape index (κ1) is 13.4. The van der Waals surface area contributed by atoms with Crippen molar-refractivity contribution in [1.82, 2.24) is 5.32 Å². The number of hydrogen-bond donors (Lipinski definition) is 2. The standard InChI is InChI=1S/C12H17ClFNO/c1-8(16)12(2,3)15-7-9-4-5-10(13)11(14)6-9/h4-6,8,15-16H,7H2,1-3H3. The topological polar surface area (TPSA) is 32.3 Å². The Morgan fingerprint density at radius 1 is 1.50 bits per heavy atom. The van der Waals surface area contributed by atoms with Crippen molar-refractivity contribution in [3.05, 3.63) is 34.6 Å². The summed E-state index contributed by atoms with van der Waals surface area (Å²) < 4.78 is 13.1. The summed E-state index contributed by atoms with van der Waals surface area (Å²) in [6, 6.07) is 4.69. The van der Waals surface area contributed by atoms with Crippen LogP contribution >= 0.6 is 11.6 Å². The number of halogens is 2.